The summed E-state index contributed by atoms with van der Waals surface area (Å²) in [5, 5.41) is 8.17. The van der Waals surface area contributed by atoms with Gasteiger partial charge in [0.1, 0.15) is 5.75 Å². The number of hydrogen-bond donors (Lipinski definition) is 2. The number of nitrogens with one attached hydrogen (secondary N) is 2. The number of carbonyl (C=O) groups excluding carboxylic acids is 1. The molecular formula is C27H26ClN5O2S. The maximum atomic E-state index is 11.8. The minimum atomic E-state index is -0.313. The second-order valence-corrected chi connectivity index (χ2v) is 9.85. The summed E-state index contributed by atoms with van der Waals surface area (Å²) in [6, 6.07) is 19.8. The number of fused-ring (bicyclic) bond motifs is 1. The van der Waals surface area contributed by atoms with Gasteiger partial charge in [-0.1, -0.05) is 17.7 Å². The molecule has 0 saturated carbocycles. The SMILES string of the molecule is CN1CCN(c2ccc(Nc3cc4c(Oc5cccc(NC(=O)/C=C\Cl)c5)nccc4s3)cc2)CC1. The second kappa shape index (κ2) is 11.0. The fourth-order valence-corrected chi connectivity index (χ4v) is 5.12. The molecule has 2 aromatic heterocycles. The number of rotatable bonds is 7. The second-order valence-electron chi connectivity index (χ2n) is 8.51. The lowest BCUT2D eigenvalue weighted by Gasteiger charge is -2.34. The van der Waals surface area contributed by atoms with Gasteiger partial charge in [0.2, 0.25) is 11.8 Å². The van der Waals surface area contributed by atoms with Gasteiger partial charge >= 0.3 is 0 Å². The number of amides is 1. The van der Waals surface area contributed by atoms with Crippen molar-refractivity contribution in [3.8, 4) is 11.6 Å². The van der Waals surface area contributed by atoms with E-state index < -0.39 is 0 Å². The van der Waals surface area contributed by atoms with Gasteiger partial charge in [-0.25, -0.2) is 4.98 Å². The van der Waals surface area contributed by atoms with Crippen LogP contribution in [-0.4, -0.2) is 49.0 Å². The quantitative estimate of drug-likeness (QED) is 0.280. The van der Waals surface area contributed by atoms with Gasteiger partial charge in [0.05, 0.1) is 10.4 Å². The maximum absolute atomic E-state index is 11.8. The number of likely N-dealkylation sites (N-methyl/N-ethyl adjacent to an activating group) is 1. The summed E-state index contributed by atoms with van der Waals surface area (Å²) in [5.74, 6) is 0.765. The van der Waals surface area contributed by atoms with Crippen LogP contribution >= 0.6 is 22.9 Å². The Kier molecular flexibility index (Phi) is 7.36. The largest absolute Gasteiger partial charge is 0.438 e. The molecule has 0 spiro atoms. The van der Waals surface area contributed by atoms with E-state index in [9.17, 15) is 4.79 Å². The van der Waals surface area contributed by atoms with E-state index >= 15 is 0 Å². The van der Waals surface area contributed by atoms with Crippen LogP contribution in [0.5, 0.6) is 11.6 Å². The number of nitrogens with zero attached hydrogens (tertiary/aromatic N) is 3. The topological polar surface area (TPSA) is 69.7 Å². The third kappa shape index (κ3) is 5.79. The van der Waals surface area contributed by atoms with Crippen LogP contribution in [0.2, 0.25) is 0 Å². The standard InChI is InChI=1S/C27H26ClN5O2S/c1-32-13-15-33(16-14-32)21-7-5-19(6-8-21)31-26-18-23-24(36-26)10-12-29-27(23)35-22-4-2-3-20(17-22)30-25(34)9-11-28/h2-12,17-18,31H,13-16H2,1H3,(H,30,34)/b11-9-. The summed E-state index contributed by atoms with van der Waals surface area (Å²) in [5.41, 5.74) is 4.06. The maximum Gasteiger partial charge on any atom is 0.249 e. The zero-order valence-electron chi connectivity index (χ0n) is 19.8. The Morgan fingerprint density at radius 3 is 2.64 bits per heavy atom. The highest BCUT2D eigenvalue weighted by molar-refractivity contribution is 7.22. The van der Waals surface area contributed by atoms with E-state index in [1.807, 2.05) is 24.3 Å². The van der Waals surface area contributed by atoms with E-state index in [0.29, 0.717) is 17.3 Å². The molecule has 1 aliphatic heterocycles. The van der Waals surface area contributed by atoms with Crippen molar-refractivity contribution in [1.29, 1.82) is 0 Å². The van der Waals surface area contributed by atoms with Crippen molar-refractivity contribution in [2.75, 3.05) is 48.8 Å². The van der Waals surface area contributed by atoms with E-state index in [-0.39, 0.29) is 5.91 Å². The molecule has 1 amide bonds. The van der Waals surface area contributed by atoms with Crippen LogP contribution in [0.1, 0.15) is 0 Å². The number of pyridine rings is 1. The molecule has 7 nitrogen and oxygen atoms in total. The summed E-state index contributed by atoms with van der Waals surface area (Å²) >= 11 is 7.11. The molecule has 1 aliphatic rings. The van der Waals surface area contributed by atoms with Crippen molar-refractivity contribution in [1.82, 2.24) is 9.88 Å². The van der Waals surface area contributed by atoms with E-state index in [1.54, 1.807) is 29.7 Å². The van der Waals surface area contributed by atoms with Crippen molar-refractivity contribution in [2.45, 2.75) is 0 Å². The van der Waals surface area contributed by atoms with Crippen molar-refractivity contribution >= 4 is 61.0 Å². The average molecular weight is 520 g/mol. The third-order valence-corrected chi connectivity index (χ3v) is 7.08. The van der Waals surface area contributed by atoms with Gasteiger partial charge in [0.25, 0.3) is 0 Å². The highest BCUT2D eigenvalue weighted by Gasteiger charge is 2.14. The highest BCUT2D eigenvalue weighted by Crippen LogP contribution is 2.37. The van der Waals surface area contributed by atoms with Crippen LogP contribution < -0.4 is 20.3 Å². The Morgan fingerprint density at radius 1 is 1.06 bits per heavy atom. The lowest BCUT2D eigenvalue weighted by molar-refractivity contribution is -0.111. The molecule has 0 bridgehead atoms. The molecule has 9 heteroatoms. The Labute approximate surface area is 219 Å². The number of carbonyl (C=O) groups is 1. The number of hydrogen-bond acceptors (Lipinski definition) is 7. The Bertz CT molecular complexity index is 1380. The lowest BCUT2D eigenvalue weighted by Crippen LogP contribution is -2.44. The molecule has 1 saturated heterocycles. The van der Waals surface area contributed by atoms with Gasteiger partial charge in [0.15, 0.2) is 0 Å². The van der Waals surface area contributed by atoms with Crippen LogP contribution in [-0.2, 0) is 4.79 Å². The Hall–Kier alpha value is -3.59. The predicted molar refractivity (Wildman–Crippen MR) is 149 cm³/mol. The highest BCUT2D eigenvalue weighted by atomic mass is 35.5. The number of ether oxygens (including phenoxy) is 1. The van der Waals surface area contributed by atoms with Gasteiger partial charge in [0, 0.05) is 71.8 Å². The van der Waals surface area contributed by atoms with Gasteiger partial charge in [-0.3, -0.25) is 4.79 Å². The van der Waals surface area contributed by atoms with Gasteiger partial charge < -0.3 is 25.2 Å². The molecule has 0 unspecified atom stereocenters. The van der Waals surface area contributed by atoms with E-state index in [2.05, 4.69) is 56.7 Å². The van der Waals surface area contributed by atoms with Gasteiger partial charge in [-0.2, -0.15) is 0 Å². The molecular weight excluding hydrogens is 494 g/mol. The van der Waals surface area contributed by atoms with Crippen molar-refractivity contribution < 1.29 is 9.53 Å². The van der Waals surface area contributed by atoms with Gasteiger partial charge in [-0.05, 0) is 55.6 Å². The minimum absolute atomic E-state index is 0.313. The zero-order chi connectivity index (χ0) is 24.9. The molecule has 4 aromatic rings. The Balaban J connectivity index is 1.29. The first-order chi connectivity index (χ1) is 17.6. The fourth-order valence-electron chi connectivity index (χ4n) is 4.03. The molecule has 0 radical (unpaired) electrons. The van der Waals surface area contributed by atoms with E-state index in [4.69, 9.17) is 16.3 Å². The summed E-state index contributed by atoms with van der Waals surface area (Å²) < 4.78 is 7.15. The number of benzene rings is 2. The first-order valence-electron chi connectivity index (χ1n) is 11.6. The zero-order valence-corrected chi connectivity index (χ0v) is 21.4. The van der Waals surface area contributed by atoms with Crippen LogP contribution in [0.4, 0.5) is 22.1 Å². The normalized spacial score (nSPS) is 14.3. The first kappa shape index (κ1) is 24.1. The number of halogens is 1. The lowest BCUT2D eigenvalue weighted by atomic mass is 10.2. The molecule has 2 aromatic carbocycles. The summed E-state index contributed by atoms with van der Waals surface area (Å²) in [4.78, 5) is 21.0. The number of thiophene rings is 1. The van der Waals surface area contributed by atoms with E-state index in [0.717, 1.165) is 47.0 Å². The van der Waals surface area contributed by atoms with Crippen molar-refractivity contribution in [3.63, 3.8) is 0 Å². The molecule has 36 heavy (non-hydrogen) atoms. The molecule has 2 N–H and O–H groups in total. The van der Waals surface area contributed by atoms with Crippen LogP contribution in [0.3, 0.4) is 0 Å². The molecule has 5 rings (SSSR count). The summed E-state index contributed by atoms with van der Waals surface area (Å²) in [7, 11) is 2.17. The monoisotopic (exact) mass is 519 g/mol. The summed E-state index contributed by atoms with van der Waals surface area (Å²) in [6.45, 7) is 4.28. The minimum Gasteiger partial charge on any atom is -0.438 e. The number of piperazine rings is 1. The molecule has 0 aliphatic carbocycles. The Morgan fingerprint density at radius 2 is 1.86 bits per heavy atom. The van der Waals surface area contributed by atoms with Crippen molar-refractivity contribution in [2.24, 2.45) is 0 Å². The molecule has 184 valence electrons. The van der Waals surface area contributed by atoms with Crippen LogP contribution in [0, 0.1) is 0 Å². The number of anilines is 4. The van der Waals surface area contributed by atoms with Crippen LogP contribution in [0.15, 0.2) is 78.5 Å². The fraction of sp³-hybridized carbons (Fsp3) is 0.185. The predicted octanol–water partition coefficient (Wildman–Crippen LogP) is 6.28. The third-order valence-electron chi connectivity index (χ3n) is 5.94. The molecule has 1 fully saturated rings. The first-order valence-corrected chi connectivity index (χ1v) is 12.9. The summed E-state index contributed by atoms with van der Waals surface area (Å²) in [6.07, 6.45) is 2.98. The molecule has 3 heterocycles. The van der Waals surface area contributed by atoms with Gasteiger partial charge in [-0.15, -0.1) is 11.3 Å². The van der Waals surface area contributed by atoms with E-state index in [1.165, 1.54) is 17.3 Å². The average Bonchev–Trinajstić information content (AvgIpc) is 3.29. The number of aromatic nitrogens is 1. The van der Waals surface area contributed by atoms with Crippen molar-refractivity contribution in [3.05, 3.63) is 78.5 Å². The molecule has 0 atom stereocenters. The smallest absolute Gasteiger partial charge is 0.249 e. The van der Waals surface area contributed by atoms with Crippen LogP contribution in [0.25, 0.3) is 10.1 Å².